The van der Waals surface area contributed by atoms with Crippen LogP contribution in [-0.2, 0) is 28.5 Å². The molecule has 40 heavy (non-hydrogen) atoms. The van der Waals surface area contributed by atoms with Crippen LogP contribution in [-0.4, -0.2) is 32.6 Å². The Labute approximate surface area is 233 Å². The van der Waals surface area contributed by atoms with Gasteiger partial charge >= 0.3 is 12.1 Å². The van der Waals surface area contributed by atoms with Gasteiger partial charge in [0.15, 0.2) is 0 Å². The van der Waals surface area contributed by atoms with Crippen LogP contribution in [0.1, 0.15) is 65.6 Å². The second kappa shape index (κ2) is 15.1. The summed E-state index contributed by atoms with van der Waals surface area (Å²) < 4.78 is 48.8. The quantitative estimate of drug-likeness (QED) is 0.166. The highest BCUT2D eigenvalue weighted by molar-refractivity contribution is 5.94. The summed E-state index contributed by atoms with van der Waals surface area (Å²) in [5, 5.41) is 2.71. The third kappa shape index (κ3) is 9.43. The largest absolute Gasteiger partial charge is 0.496 e. The predicted octanol–water partition coefficient (Wildman–Crippen LogP) is 7.41. The molecule has 0 heterocycles. The third-order valence-electron chi connectivity index (χ3n) is 6.78. The molecular weight excluding hydrogens is 519 g/mol. The van der Waals surface area contributed by atoms with Gasteiger partial charge in [-0.25, -0.2) is 0 Å². The molecule has 3 rings (SSSR count). The fourth-order valence-corrected chi connectivity index (χ4v) is 4.47. The fourth-order valence-electron chi connectivity index (χ4n) is 4.47. The van der Waals surface area contributed by atoms with Crippen molar-refractivity contribution in [3.05, 3.63) is 89.0 Å². The van der Waals surface area contributed by atoms with E-state index in [1.54, 1.807) is 19.2 Å². The van der Waals surface area contributed by atoms with Crippen molar-refractivity contribution < 1.29 is 32.2 Å². The highest BCUT2D eigenvalue weighted by atomic mass is 19.4. The molecule has 0 bridgehead atoms. The van der Waals surface area contributed by atoms with Gasteiger partial charge in [-0.15, -0.1) is 0 Å². The van der Waals surface area contributed by atoms with Crippen LogP contribution in [0.4, 0.5) is 13.2 Å². The Bertz CT molecular complexity index is 1240. The number of amides is 1. The zero-order valence-corrected chi connectivity index (χ0v) is 23.0. The number of carbonyl (C=O) groups is 2. The SMILES string of the molecule is COC(=O)CCNC(=O)c1ccc(CCCCCCCc2ccc(OC)c(-c3ccc(C(F)(F)F)cc3)c2)cc1. The first-order valence-corrected chi connectivity index (χ1v) is 13.5. The summed E-state index contributed by atoms with van der Waals surface area (Å²) in [6.07, 6.45) is 3.01. The van der Waals surface area contributed by atoms with Crippen molar-refractivity contribution in [2.24, 2.45) is 0 Å². The second-order valence-corrected chi connectivity index (χ2v) is 9.66. The van der Waals surface area contributed by atoms with E-state index in [0.717, 1.165) is 68.2 Å². The van der Waals surface area contributed by atoms with E-state index < -0.39 is 11.7 Å². The number of benzene rings is 3. The number of unbranched alkanes of at least 4 members (excludes halogenated alkanes) is 4. The van der Waals surface area contributed by atoms with Crippen LogP contribution in [0.15, 0.2) is 66.7 Å². The molecular formula is C32H36F3NO4. The van der Waals surface area contributed by atoms with Crippen LogP contribution in [0.2, 0.25) is 0 Å². The Kier molecular flexibility index (Phi) is 11.6. The Balaban J connectivity index is 1.38. The molecule has 0 saturated heterocycles. The molecule has 0 aliphatic rings. The van der Waals surface area contributed by atoms with E-state index in [0.29, 0.717) is 16.9 Å². The summed E-state index contributed by atoms with van der Waals surface area (Å²) in [7, 11) is 2.88. The fraction of sp³-hybridized carbons (Fsp3) is 0.375. The monoisotopic (exact) mass is 555 g/mol. The van der Waals surface area contributed by atoms with Gasteiger partial charge in [-0.2, -0.15) is 13.2 Å². The molecule has 0 atom stereocenters. The number of ether oxygens (including phenoxy) is 2. The Morgan fingerprint density at radius 3 is 1.98 bits per heavy atom. The zero-order valence-electron chi connectivity index (χ0n) is 23.0. The molecule has 1 amide bonds. The number of alkyl halides is 3. The van der Waals surface area contributed by atoms with Crippen molar-refractivity contribution in [1.29, 1.82) is 0 Å². The van der Waals surface area contributed by atoms with Crippen molar-refractivity contribution in [3.8, 4) is 16.9 Å². The first-order chi connectivity index (χ1) is 19.2. The van der Waals surface area contributed by atoms with Gasteiger partial charge < -0.3 is 14.8 Å². The Morgan fingerprint density at radius 2 is 1.38 bits per heavy atom. The molecule has 3 aromatic carbocycles. The highest BCUT2D eigenvalue weighted by Gasteiger charge is 2.30. The minimum Gasteiger partial charge on any atom is -0.496 e. The molecule has 0 fully saturated rings. The maximum Gasteiger partial charge on any atom is 0.416 e. The molecule has 0 radical (unpaired) electrons. The number of esters is 1. The highest BCUT2D eigenvalue weighted by Crippen LogP contribution is 2.35. The molecule has 3 aromatic rings. The van der Waals surface area contributed by atoms with Crippen molar-refractivity contribution in [2.75, 3.05) is 20.8 Å². The topological polar surface area (TPSA) is 64.6 Å². The second-order valence-electron chi connectivity index (χ2n) is 9.66. The van der Waals surface area contributed by atoms with Crippen molar-refractivity contribution >= 4 is 11.9 Å². The average Bonchev–Trinajstić information content (AvgIpc) is 2.96. The molecule has 0 aliphatic heterocycles. The van der Waals surface area contributed by atoms with Gasteiger partial charge in [-0.05, 0) is 78.8 Å². The van der Waals surface area contributed by atoms with E-state index in [1.165, 1.54) is 24.8 Å². The van der Waals surface area contributed by atoms with Gasteiger partial charge in [-0.3, -0.25) is 9.59 Å². The predicted molar refractivity (Wildman–Crippen MR) is 149 cm³/mol. The van der Waals surface area contributed by atoms with Gasteiger partial charge in [0.1, 0.15) is 5.75 Å². The lowest BCUT2D eigenvalue weighted by molar-refractivity contribution is -0.140. The number of hydrogen-bond acceptors (Lipinski definition) is 4. The van der Waals surface area contributed by atoms with E-state index >= 15 is 0 Å². The summed E-state index contributed by atoms with van der Waals surface area (Å²) >= 11 is 0. The summed E-state index contributed by atoms with van der Waals surface area (Å²) in [4.78, 5) is 23.3. The van der Waals surface area contributed by atoms with Crippen LogP contribution in [0.25, 0.3) is 11.1 Å². The number of halogens is 3. The maximum atomic E-state index is 12.9. The lowest BCUT2D eigenvalue weighted by atomic mass is 9.97. The normalized spacial score (nSPS) is 11.2. The molecule has 0 saturated carbocycles. The first kappa shape index (κ1) is 30.7. The van der Waals surface area contributed by atoms with Crippen LogP contribution in [0.3, 0.4) is 0 Å². The Hall–Kier alpha value is -3.81. The summed E-state index contributed by atoms with van der Waals surface area (Å²) in [6.45, 7) is 0.242. The van der Waals surface area contributed by atoms with Crippen LogP contribution in [0, 0.1) is 0 Å². The van der Waals surface area contributed by atoms with E-state index in [4.69, 9.17) is 4.74 Å². The van der Waals surface area contributed by atoms with E-state index in [-0.39, 0.29) is 24.8 Å². The standard InChI is InChI=1S/C32H36F3NO4/c1-39-29-19-12-24(22-28(29)25-15-17-27(18-16-25)32(33,34)35)9-7-5-3-4-6-8-23-10-13-26(14-11-23)31(38)36-21-20-30(37)40-2/h10-19,22H,3-9,20-21H2,1-2H3,(H,36,38). The average molecular weight is 556 g/mol. The lowest BCUT2D eigenvalue weighted by Crippen LogP contribution is -2.26. The van der Waals surface area contributed by atoms with E-state index in [2.05, 4.69) is 10.1 Å². The van der Waals surface area contributed by atoms with Gasteiger partial charge in [0.2, 0.25) is 0 Å². The lowest BCUT2D eigenvalue weighted by Gasteiger charge is -2.13. The van der Waals surface area contributed by atoms with Gasteiger partial charge in [0.25, 0.3) is 5.91 Å². The van der Waals surface area contributed by atoms with Crippen LogP contribution >= 0.6 is 0 Å². The van der Waals surface area contributed by atoms with Gasteiger partial charge in [0, 0.05) is 17.7 Å². The third-order valence-corrected chi connectivity index (χ3v) is 6.78. The number of carbonyl (C=O) groups excluding carboxylic acids is 2. The minimum atomic E-state index is -4.36. The summed E-state index contributed by atoms with van der Waals surface area (Å²) in [5.74, 6) is 0.0664. The molecule has 1 N–H and O–H groups in total. The first-order valence-electron chi connectivity index (χ1n) is 13.5. The van der Waals surface area contributed by atoms with E-state index in [9.17, 15) is 22.8 Å². The van der Waals surface area contributed by atoms with Gasteiger partial charge in [-0.1, -0.05) is 49.6 Å². The van der Waals surface area contributed by atoms with Crippen molar-refractivity contribution in [2.45, 2.75) is 57.5 Å². The Morgan fingerprint density at radius 1 is 0.775 bits per heavy atom. The summed E-state index contributed by atoms with van der Waals surface area (Å²) in [6, 6.07) is 18.6. The molecule has 0 aliphatic carbocycles. The molecule has 214 valence electrons. The summed E-state index contributed by atoms with van der Waals surface area (Å²) in [5.41, 5.74) is 3.69. The number of methoxy groups -OCH3 is 2. The minimum absolute atomic E-state index is 0.143. The number of nitrogens with one attached hydrogen (secondary N) is 1. The number of aryl methyl sites for hydroxylation is 2. The van der Waals surface area contributed by atoms with Crippen LogP contribution in [0.5, 0.6) is 5.75 Å². The molecule has 0 aromatic heterocycles. The number of rotatable bonds is 14. The molecule has 8 heteroatoms. The van der Waals surface area contributed by atoms with Gasteiger partial charge in [0.05, 0.1) is 26.2 Å². The van der Waals surface area contributed by atoms with Crippen LogP contribution < -0.4 is 10.1 Å². The van der Waals surface area contributed by atoms with Crippen molar-refractivity contribution in [1.82, 2.24) is 5.32 Å². The molecule has 5 nitrogen and oxygen atoms in total. The van der Waals surface area contributed by atoms with Crippen molar-refractivity contribution in [3.63, 3.8) is 0 Å². The molecule has 0 unspecified atom stereocenters. The van der Waals surface area contributed by atoms with E-state index in [1.807, 2.05) is 30.3 Å². The zero-order chi connectivity index (χ0) is 29.0. The smallest absolute Gasteiger partial charge is 0.416 e. The molecule has 0 spiro atoms. The number of hydrogen-bond donors (Lipinski definition) is 1. The maximum absolute atomic E-state index is 12.9.